The summed E-state index contributed by atoms with van der Waals surface area (Å²) in [6.07, 6.45) is 2.23. The molecular formula is C17H25FN2O2. The van der Waals surface area contributed by atoms with Gasteiger partial charge in [-0.1, -0.05) is 12.1 Å². The molecule has 1 unspecified atom stereocenters. The van der Waals surface area contributed by atoms with E-state index in [2.05, 4.69) is 4.90 Å². The normalized spacial score (nSPS) is 18.2. The fourth-order valence-corrected chi connectivity index (χ4v) is 2.96. The second-order valence-electron chi connectivity index (χ2n) is 5.97. The highest BCUT2D eigenvalue weighted by Crippen LogP contribution is 2.17. The number of halogens is 1. The predicted molar refractivity (Wildman–Crippen MR) is 83.9 cm³/mol. The molecule has 122 valence electrons. The summed E-state index contributed by atoms with van der Waals surface area (Å²) >= 11 is 0. The molecule has 0 spiro atoms. The molecule has 0 bridgehead atoms. The topological polar surface area (TPSA) is 32.8 Å². The molecule has 1 fully saturated rings. The molecule has 1 aliphatic rings. The monoisotopic (exact) mass is 308 g/mol. The third kappa shape index (κ3) is 4.27. The lowest BCUT2D eigenvalue weighted by Gasteiger charge is -2.36. The molecule has 0 aromatic heterocycles. The summed E-state index contributed by atoms with van der Waals surface area (Å²) in [6, 6.07) is 6.23. The molecule has 4 nitrogen and oxygen atoms in total. The first-order valence-corrected chi connectivity index (χ1v) is 7.77. The minimum absolute atomic E-state index is 0.0696. The molecule has 22 heavy (non-hydrogen) atoms. The minimum atomic E-state index is -0.270. The summed E-state index contributed by atoms with van der Waals surface area (Å²) in [5, 5.41) is 0. The number of ether oxygens (including phenoxy) is 1. The third-order valence-corrected chi connectivity index (χ3v) is 4.40. The Morgan fingerprint density at radius 3 is 2.73 bits per heavy atom. The molecule has 0 N–H and O–H groups in total. The number of benzene rings is 1. The van der Waals surface area contributed by atoms with Crippen LogP contribution in [-0.2, 0) is 16.1 Å². The van der Waals surface area contributed by atoms with Crippen molar-refractivity contribution < 1.29 is 13.9 Å². The van der Waals surface area contributed by atoms with Crippen LogP contribution in [0.2, 0.25) is 0 Å². The number of carbonyl (C=O) groups excluding carboxylic acids is 1. The molecule has 2 rings (SSSR count). The SMILES string of the molecule is COC1CCN(C(C)C(=O)N(C)Cc2cccc(F)c2)CC1. The van der Waals surface area contributed by atoms with Crippen LogP contribution in [0.1, 0.15) is 25.3 Å². The van der Waals surface area contributed by atoms with Crippen LogP contribution in [0.25, 0.3) is 0 Å². The maximum atomic E-state index is 13.2. The molecule has 0 aliphatic carbocycles. The minimum Gasteiger partial charge on any atom is -0.381 e. The smallest absolute Gasteiger partial charge is 0.239 e. The lowest BCUT2D eigenvalue weighted by molar-refractivity contribution is -0.136. The lowest BCUT2D eigenvalue weighted by atomic mass is 10.1. The average Bonchev–Trinajstić information content (AvgIpc) is 2.53. The molecule has 0 radical (unpaired) electrons. The molecule has 1 aromatic carbocycles. The van der Waals surface area contributed by atoms with Gasteiger partial charge >= 0.3 is 0 Å². The fourth-order valence-electron chi connectivity index (χ4n) is 2.96. The van der Waals surface area contributed by atoms with Gasteiger partial charge in [0.2, 0.25) is 5.91 Å². The summed E-state index contributed by atoms with van der Waals surface area (Å²) in [5.74, 6) is -0.201. The van der Waals surface area contributed by atoms with Crippen molar-refractivity contribution in [1.82, 2.24) is 9.80 Å². The van der Waals surface area contributed by atoms with Gasteiger partial charge in [-0.15, -0.1) is 0 Å². The van der Waals surface area contributed by atoms with E-state index in [-0.39, 0.29) is 17.8 Å². The Kier molecular flexibility index (Phi) is 5.91. The number of likely N-dealkylation sites (tertiary alicyclic amines) is 1. The highest BCUT2D eigenvalue weighted by molar-refractivity contribution is 5.81. The van der Waals surface area contributed by atoms with Gasteiger partial charge in [-0.2, -0.15) is 0 Å². The van der Waals surface area contributed by atoms with Crippen LogP contribution in [0.3, 0.4) is 0 Å². The van der Waals surface area contributed by atoms with E-state index in [0.29, 0.717) is 12.6 Å². The third-order valence-electron chi connectivity index (χ3n) is 4.40. The van der Waals surface area contributed by atoms with Gasteiger partial charge in [-0.25, -0.2) is 4.39 Å². The summed E-state index contributed by atoms with van der Waals surface area (Å²) in [4.78, 5) is 16.4. The van der Waals surface area contributed by atoms with Crippen molar-refractivity contribution in [3.63, 3.8) is 0 Å². The van der Waals surface area contributed by atoms with Gasteiger partial charge in [0.05, 0.1) is 12.1 Å². The summed E-state index contributed by atoms with van der Waals surface area (Å²) < 4.78 is 18.6. The number of rotatable bonds is 5. The number of piperidine rings is 1. The Morgan fingerprint density at radius 2 is 2.14 bits per heavy atom. The number of nitrogens with zero attached hydrogens (tertiary/aromatic N) is 2. The molecule has 1 saturated heterocycles. The van der Waals surface area contributed by atoms with Crippen LogP contribution in [0.4, 0.5) is 4.39 Å². The number of likely N-dealkylation sites (N-methyl/N-ethyl adjacent to an activating group) is 1. The Morgan fingerprint density at radius 1 is 1.45 bits per heavy atom. The average molecular weight is 308 g/mol. The standard InChI is InChI=1S/C17H25FN2O2/c1-13(20-9-7-16(22-3)8-10-20)17(21)19(2)12-14-5-4-6-15(18)11-14/h4-6,11,13,16H,7-10,12H2,1-3H3. The summed E-state index contributed by atoms with van der Waals surface area (Å²) in [7, 11) is 3.51. The van der Waals surface area contributed by atoms with Gasteiger partial charge in [-0.3, -0.25) is 9.69 Å². The van der Waals surface area contributed by atoms with Crippen LogP contribution in [-0.4, -0.2) is 55.1 Å². The van der Waals surface area contributed by atoms with Crippen molar-refractivity contribution in [1.29, 1.82) is 0 Å². The molecule has 1 amide bonds. The highest BCUT2D eigenvalue weighted by Gasteiger charge is 2.28. The van der Waals surface area contributed by atoms with Crippen molar-refractivity contribution in [2.24, 2.45) is 0 Å². The zero-order chi connectivity index (χ0) is 16.1. The highest BCUT2D eigenvalue weighted by atomic mass is 19.1. The molecule has 0 saturated carbocycles. The molecule has 1 aliphatic heterocycles. The van der Waals surface area contributed by atoms with E-state index >= 15 is 0 Å². The maximum Gasteiger partial charge on any atom is 0.239 e. The van der Waals surface area contributed by atoms with E-state index in [1.54, 1.807) is 25.1 Å². The van der Waals surface area contributed by atoms with Crippen LogP contribution in [0, 0.1) is 5.82 Å². The van der Waals surface area contributed by atoms with E-state index in [0.717, 1.165) is 31.5 Å². The first-order valence-electron chi connectivity index (χ1n) is 7.77. The van der Waals surface area contributed by atoms with Gasteiger partial charge in [0.25, 0.3) is 0 Å². The molecule has 1 atom stereocenters. The van der Waals surface area contributed by atoms with E-state index in [1.807, 2.05) is 13.0 Å². The summed E-state index contributed by atoms with van der Waals surface area (Å²) in [5.41, 5.74) is 0.807. The zero-order valence-electron chi connectivity index (χ0n) is 13.6. The quantitative estimate of drug-likeness (QED) is 0.836. The second-order valence-corrected chi connectivity index (χ2v) is 5.97. The zero-order valence-corrected chi connectivity index (χ0v) is 13.6. The van der Waals surface area contributed by atoms with Gasteiger partial charge in [0.15, 0.2) is 0 Å². The van der Waals surface area contributed by atoms with E-state index in [9.17, 15) is 9.18 Å². The van der Waals surface area contributed by atoms with Crippen LogP contribution in [0.5, 0.6) is 0 Å². The lowest BCUT2D eigenvalue weighted by Crippen LogP contribution is -2.49. The fraction of sp³-hybridized carbons (Fsp3) is 0.588. The number of amides is 1. The first kappa shape index (κ1) is 16.9. The van der Waals surface area contributed by atoms with Crippen molar-refractivity contribution in [2.75, 3.05) is 27.2 Å². The number of carbonyl (C=O) groups is 1. The first-order chi connectivity index (χ1) is 10.5. The summed E-state index contributed by atoms with van der Waals surface area (Å²) in [6.45, 7) is 4.12. The van der Waals surface area contributed by atoms with Crippen LogP contribution >= 0.6 is 0 Å². The van der Waals surface area contributed by atoms with Crippen molar-refractivity contribution in [2.45, 2.75) is 38.5 Å². The van der Waals surface area contributed by atoms with Gasteiger partial charge < -0.3 is 9.64 Å². The van der Waals surface area contributed by atoms with E-state index in [4.69, 9.17) is 4.74 Å². The van der Waals surface area contributed by atoms with Crippen LogP contribution in [0.15, 0.2) is 24.3 Å². The second kappa shape index (κ2) is 7.70. The Labute approximate surface area is 131 Å². The van der Waals surface area contributed by atoms with Crippen molar-refractivity contribution in [3.8, 4) is 0 Å². The number of methoxy groups -OCH3 is 1. The van der Waals surface area contributed by atoms with Crippen molar-refractivity contribution >= 4 is 5.91 Å². The molecule has 1 aromatic rings. The molecule has 1 heterocycles. The van der Waals surface area contributed by atoms with Crippen molar-refractivity contribution in [3.05, 3.63) is 35.6 Å². The molecular weight excluding hydrogens is 283 g/mol. The van der Waals surface area contributed by atoms with Gasteiger partial charge in [-0.05, 0) is 37.5 Å². The number of hydrogen-bond donors (Lipinski definition) is 0. The Hall–Kier alpha value is -1.46. The van der Waals surface area contributed by atoms with E-state index < -0.39 is 0 Å². The largest absolute Gasteiger partial charge is 0.381 e. The van der Waals surface area contributed by atoms with Crippen LogP contribution < -0.4 is 0 Å². The Balaban J connectivity index is 1.90. The predicted octanol–water partition coefficient (Wildman–Crippen LogP) is 2.28. The Bertz CT molecular complexity index is 501. The molecule has 5 heteroatoms. The van der Waals surface area contributed by atoms with Gasteiger partial charge in [0.1, 0.15) is 5.82 Å². The van der Waals surface area contributed by atoms with Gasteiger partial charge in [0, 0.05) is 33.8 Å². The maximum absolute atomic E-state index is 13.2. The van der Waals surface area contributed by atoms with E-state index in [1.165, 1.54) is 12.1 Å². The number of hydrogen-bond acceptors (Lipinski definition) is 3.